The van der Waals surface area contributed by atoms with Crippen LogP contribution in [0.2, 0.25) is 5.02 Å². The van der Waals surface area contributed by atoms with Crippen molar-refractivity contribution in [3.63, 3.8) is 0 Å². The molecule has 0 atom stereocenters. The molecule has 1 amide bonds. The highest BCUT2D eigenvalue weighted by molar-refractivity contribution is 6.33. The fraction of sp³-hybridized carbons (Fsp3) is 0.105. The number of rotatable bonds is 4. The highest BCUT2D eigenvalue weighted by atomic mass is 35.5. The fourth-order valence-corrected chi connectivity index (χ4v) is 2.55. The number of aryl methyl sites for hydroxylation is 2. The number of carbonyl (C=O) groups is 1. The van der Waals surface area contributed by atoms with Gasteiger partial charge in [0.1, 0.15) is 11.5 Å². The van der Waals surface area contributed by atoms with Crippen LogP contribution in [0.15, 0.2) is 47.6 Å². The minimum atomic E-state index is -0.519. The standard InChI is InChI=1S/C19H16ClFN4O/c1-11-6-7-13(8-12(11)2)17-9-18(24-23-17)19(26)25-22-10-14-15(20)4-3-5-16(14)21/h3-10H,1-2H3,(H,23,24)(H,25,26)/b22-10-. The summed E-state index contributed by atoms with van der Waals surface area (Å²) in [5.41, 5.74) is 6.56. The van der Waals surface area contributed by atoms with Crippen LogP contribution in [0.4, 0.5) is 4.39 Å². The predicted molar refractivity (Wildman–Crippen MR) is 100.0 cm³/mol. The zero-order valence-electron chi connectivity index (χ0n) is 14.2. The van der Waals surface area contributed by atoms with Crippen molar-refractivity contribution in [2.24, 2.45) is 5.10 Å². The summed E-state index contributed by atoms with van der Waals surface area (Å²) in [7, 11) is 0. The van der Waals surface area contributed by atoms with Gasteiger partial charge in [-0.2, -0.15) is 10.2 Å². The fourth-order valence-electron chi connectivity index (χ4n) is 2.34. The first-order valence-electron chi connectivity index (χ1n) is 7.86. The topological polar surface area (TPSA) is 70.1 Å². The van der Waals surface area contributed by atoms with E-state index in [1.165, 1.54) is 17.7 Å². The van der Waals surface area contributed by atoms with Gasteiger partial charge in [-0.15, -0.1) is 0 Å². The van der Waals surface area contributed by atoms with Crippen LogP contribution < -0.4 is 5.43 Å². The highest BCUT2D eigenvalue weighted by Gasteiger charge is 2.11. The van der Waals surface area contributed by atoms with Crippen LogP contribution >= 0.6 is 11.6 Å². The first-order chi connectivity index (χ1) is 12.5. The first-order valence-corrected chi connectivity index (χ1v) is 8.24. The number of hydrogen-bond acceptors (Lipinski definition) is 3. The molecule has 0 saturated carbocycles. The lowest BCUT2D eigenvalue weighted by molar-refractivity contribution is 0.0950. The number of benzene rings is 2. The number of amides is 1. The molecule has 0 unspecified atom stereocenters. The molecule has 0 aliphatic carbocycles. The smallest absolute Gasteiger partial charge is 0.272 e. The van der Waals surface area contributed by atoms with E-state index in [4.69, 9.17) is 11.6 Å². The Morgan fingerprint density at radius 1 is 1.23 bits per heavy atom. The Balaban J connectivity index is 1.72. The molecular formula is C19H16ClFN4O. The molecule has 7 heteroatoms. The Morgan fingerprint density at radius 2 is 2.04 bits per heavy atom. The van der Waals surface area contributed by atoms with Crippen LogP contribution in [-0.4, -0.2) is 22.3 Å². The lowest BCUT2D eigenvalue weighted by Crippen LogP contribution is -2.18. The van der Waals surface area contributed by atoms with Gasteiger partial charge in [0.15, 0.2) is 0 Å². The van der Waals surface area contributed by atoms with Crippen LogP contribution in [0.3, 0.4) is 0 Å². The van der Waals surface area contributed by atoms with E-state index in [0.29, 0.717) is 5.69 Å². The molecule has 2 aromatic carbocycles. The first kappa shape index (κ1) is 17.8. The Morgan fingerprint density at radius 3 is 2.77 bits per heavy atom. The Kier molecular flexibility index (Phi) is 5.14. The number of hydrazone groups is 1. The normalized spacial score (nSPS) is 11.1. The Labute approximate surface area is 154 Å². The molecule has 1 heterocycles. The van der Waals surface area contributed by atoms with Gasteiger partial charge in [0.25, 0.3) is 5.91 Å². The zero-order chi connectivity index (χ0) is 18.7. The number of nitrogens with zero attached hydrogens (tertiary/aromatic N) is 2. The molecule has 0 radical (unpaired) electrons. The molecule has 5 nitrogen and oxygen atoms in total. The predicted octanol–water partition coefficient (Wildman–Crippen LogP) is 4.25. The third-order valence-corrected chi connectivity index (χ3v) is 4.31. The van der Waals surface area contributed by atoms with Crippen molar-refractivity contribution < 1.29 is 9.18 Å². The maximum absolute atomic E-state index is 13.6. The van der Waals surface area contributed by atoms with E-state index in [9.17, 15) is 9.18 Å². The van der Waals surface area contributed by atoms with Crippen molar-refractivity contribution >= 4 is 23.7 Å². The molecule has 0 aliphatic heterocycles. The average molecular weight is 371 g/mol. The molecule has 2 N–H and O–H groups in total. The van der Waals surface area contributed by atoms with Crippen molar-refractivity contribution in [2.75, 3.05) is 0 Å². The van der Waals surface area contributed by atoms with Crippen LogP contribution in [-0.2, 0) is 0 Å². The van der Waals surface area contributed by atoms with Gasteiger partial charge in [0.05, 0.1) is 16.9 Å². The monoisotopic (exact) mass is 370 g/mol. The number of H-pyrrole nitrogens is 1. The minimum Gasteiger partial charge on any atom is -0.272 e. The van der Waals surface area contributed by atoms with Crippen molar-refractivity contribution in [1.82, 2.24) is 15.6 Å². The molecule has 26 heavy (non-hydrogen) atoms. The van der Waals surface area contributed by atoms with Crippen molar-refractivity contribution in [3.05, 3.63) is 75.7 Å². The highest BCUT2D eigenvalue weighted by Crippen LogP contribution is 2.21. The second-order valence-electron chi connectivity index (χ2n) is 5.80. The number of halogens is 2. The van der Waals surface area contributed by atoms with E-state index in [2.05, 4.69) is 20.7 Å². The van der Waals surface area contributed by atoms with Crippen molar-refractivity contribution in [3.8, 4) is 11.3 Å². The average Bonchev–Trinajstić information content (AvgIpc) is 3.10. The van der Waals surface area contributed by atoms with Gasteiger partial charge in [-0.3, -0.25) is 9.89 Å². The van der Waals surface area contributed by atoms with Crippen LogP contribution in [0.25, 0.3) is 11.3 Å². The SMILES string of the molecule is Cc1ccc(-c2cc(C(=O)N/N=C\c3c(F)cccc3Cl)[nH]n2)cc1C. The molecule has 132 valence electrons. The number of carbonyl (C=O) groups excluding carboxylic acids is 1. The summed E-state index contributed by atoms with van der Waals surface area (Å²) in [6.45, 7) is 4.05. The van der Waals surface area contributed by atoms with Crippen molar-refractivity contribution in [2.45, 2.75) is 13.8 Å². The van der Waals surface area contributed by atoms with Gasteiger partial charge >= 0.3 is 0 Å². The molecule has 0 bridgehead atoms. The molecule has 0 spiro atoms. The number of hydrogen-bond donors (Lipinski definition) is 2. The summed E-state index contributed by atoms with van der Waals surface area (Å²) in [6, 6.07) is 11.9. The van der Waals surface area contributed by atoms with Gasteiger partial charge in [-0.1, -0.05) is 29.8 Å². The summed E-state index contributed by atoms with van der Waals surface area (Å²) >= 11 is 5.90. The minimum absolute atomic E-state index is 0.106. The van der Waals surface area contributed by atoms with Gasteiger partial charge in [-0.25, -0.2) is 9.82 Å². The number of nitrogens with one attached hydrogen (secondary N) is 2. The summed E-state index contributed by atoms with van der Waals surface area (Å²) in [5.74, 6) is -1.01. The third kappa shape index (κ3) is 3.81. The van der Waals surface area contributed by atoms with E-state index in [1.54, 1.807) is 12.1 Å². The van der Waals surface area contributed by atoms with Gasteiger partial charge < -0.3 is 0 Å². The molecule has 3 rings (SSSR count). The van der Waals surface area contributed by atoms with Gasteiger partial charge in [-0.05, 0) is 49.2 Å². The number of aromatic nitrogens is 2. The zero-order valence-corrected chi connectivity index (χ0v) is 14.9. The van der Waals surface area contributed by atoms with E-state index >= 15 is 0 Å². The van der Waals surface area contributed by atoms with E-state index in [-0.39, 0.29) is 16.3 Å². The quantitative estimate of drug-likeness (QED) is 0.532. The summed E-state index contributed by atoms with van der Waals surface area (Å²) < 4.78 is 13.6. The molecule has 0 aliphatic rings. The van der Waals surface area contributed by atoms with E-state index < -0.39 is 11.7 Å². The Hall–Kier alpha value is -2.99. The number of aromatic amines is 1. The molecule has 1 aromatic heterocycles. The summed E-state index contributed by atoms with van der Waals surface area (Å²) in [5, 5.41) is 10.8. The van der Waals surface area contributed by atoms with E-state index in [0.717, 1.165) is 17.3 Å². The summed E-state index contributed by atoms with van der Waals surface area (Å²) in [6.07, 6.45) is 1.16. The van der Waals surface area contributed by atoms with Crippen LogP contribution in [0.5, 0.6) is 0 Å². The molecule has 0 fully saturated rings. The van der Waals surface area contributed by atoms with Crippen LogP contribution in [0, 0.1) is 19.7 Å². The lowest BCUT2D eigenvalue weighted by atomic mass is 10.0. The summed E-state index contributed by atoms with van der Waals surface area (Å²) in [4.78, 5) is 12.1. The van der Waals surface area contributed by atoms with Crippen LogP contribution in [0.1, 0.15) is 27.2 Å². The largest absolute Gasteiger partial charge is 0.289 e. The molecular weight excluding hydrogens is 355 g/mol. The van der Waals surface area contributed by atoms with Gasteiger partial charge in [0.2, 0.25) is 0 Å². The van der Waals surface area contributed by atoms with Gasteiger partial charge in [0, 0.05) is 11.1 Å². The second-order valence-corrected chi connectivity index (χ2v) is 6.21. The van der Waals surface area contributed by atoms with E-state index in [1.807, 2.05) is 32.0 Å². The second kappa shape index (κ2) is 7.49. The Bertz CT molecular complexity index is 977. The maximum atomic E-state index is 13.6. The lowest BCUT2D eigenvalue weighted by Gasteiger charge is -2.01. The third-order valence-electron chi connectivity index (χ3n) is 3.98. The molecule has 3 aromatic rings. The molecule has 0 saturated heterocycles. The maximum Gasteiger partial charge on any atom is 0.289 e. The van der Waals surface area contributed by atoms with Crippen molar-refractivity contribution in [1.29, 1.82) is 0 Å².